The molecule has 3 heteroatoms. The van der Waals surface area contributed by atoms with Crippen molar-refractivity contribution in [2.45, 2.75) is 40.0 Å². The summed E-state index contributed by atoms with van der Waals surface area (Å²) in [7, 11) is 0. The van der Waals surface area contributed by atoms with Gasteiger partial charge in [0.05, 0.1) is 5.69 Å². The predicted molar refractivity (Wildman–Crippen MR) is 128 cm³/mol. The Labute approximate surface area is 185 Å². The number of rotatable bonds is 7. The van der Waals surface area contributed by atoms with Crippen molar-refractivity contribution in [1.29, 1.82) is 0 Å². The van der Waals surface area contributed by atoms with Gasteiger partial charge in [0.1, 0.15) is 17.3 Å². The maximum absolute atomic E-state index is 6.44. The third-order valence-corrected chi connectivity index (χ3v) is 5.34. The van der Waals surface area contributed by atoms with Crippen molar-refractivity contribution in [3.63, 3.8) is 0 Å². The molecule has 0 unspecified atom stereocenters. The highest BCUT2D eigenvalue weighted by Gasteiger charge is 2.19. The van der Waals surface area contributed by atoms with Crippen LogP contribution in [0.15, 0.2) is 85.2 Å². The first-order valence-electron chi connectivity index (χ1n) is 11.0. The lowest BCUT2D eigenvalue weighted by molar-refractivity contribution is 0.470. The Balaban J connectivity index is 1.88. The summed E-state index contributed by atoms with van der Waals surface area (Å²) in [6.07, 6.45) is 4.89. The van der Waals surface area contributed by atoms with Crippen molar-refractivity contribution >= 4 is 0 Å². The lowest BCUT2D eigenvalue weighted by Crippen LogP contribution is -2.07. The lowest BCUT2D eigenvalue weighted by atomic mass is 9.90. The first kappa shape index (κ1) is 20.9. The molecular weight excluding hydrogens is 380 g/mol. The molecule has 3 nitrogen and oxygen atoms in total. The highest BCUT2D eigenvalue weighted by atomic mass is 16.5. The van der Waals surface area contributed by atoms with E-state index in [0.717, 1.165) is 35.0 Å². The Bertz CT molecular complexity index is 1130. The first-order valence-corrected chi connectivity index (χ1v) is 11.0. The zero-order chi connectivity index (χ0) is 21.8. The van der Waals surface area contributed by atoms with Crippen LogP contribution in [-0.2, 0) is 6.42 Å². The van der Waals surface area contributed by atoms with Gasteiger partial charge in [-0.2, -0.15) is 0 Å². The van der Waals surface area contributed by atoms with Crippen molar-refractivity contribution in [3.8, 4) is 28.6 Å². The molecule has 3 aromatic carbocycles. The summed E-state index contributed by atoms with van der Waals surface area (Å²) in [5.74, 6) is 3.61. The molecule has 0 aliphatic heterocycles. The molecule has 0 aliphatic carbocycles. The zero-order valence-electron chi connectivity index (χ0n) is 18.7. The van der Waals surface area contributed by atoms with Gasteiger partial charge in [-0.25, -0.2) is 4.98 Å². The Kier molecular flexibility index (Phi) is 6.22. The molecule has 0 atom stereocenters. The Morgan fingerprint density at radius 1 is 0.871 bits per heavy atom. The number of hydrogen-bond acceptors (Lipinski definition) is 2. The quantitative estimate of drug-likeness (QED) is 0.313. The van der Waals surface area contributed by atoms with Gasteiger partial charge < -0.3 is 4.74 Å². The largest absolute Gasteiger partial charge is 0.457 e. The molecule has 4 aromatic rings. The van der Waals surface area contributed by atoms with Crippen molar-refractivity contribution in [2.24, 2.45) is 5.92 Å². The number of para-hydroxylation sites is 1. The fraction of sp³-hybridized carbons (Fsp3) is 0.250. The fourth-order valence-electron chi connectivity index (χ4n) is 4.08. The molecule has 0 bridgehead atoms. The molecule has 0 saturated carbocycles. The number of hydrogen-bond donors (Lipinski definition) is 0. The lowest BCUT2D eigenvalue weighted by Gasteiger charge is -2.22. The van der Waals surface area contributed by atoms with E-state index in [4.69, 9.17) is 4.74 Å². The molecule has 0 aliphatic rings. The van der Waals surface area contributed by atoms with E-state index in [-0.39, 0.29) is 0 Å². The Morgan fingerprint density at radius 2 is 1.55 bits per heavy atom. The second-order valence-electron chi connectivity index (χ2n) is 8.67. The summed E-state index contributed by atoms with van der Waals surface area (Å²) in [5.41, 5.74) is 4.78. The van der Waals surface area contributed by atoms with Crippen molar-refractivity contribution in [1.82, 2.24) is 9.55 Å². The summed E-state index contributed by atoms with van der Waals surface area (Å²) >= 11 is 0. The van der Waals surface area contributed by atoms with Gasteiger partial charge in [0.2, 0.25) is 0 Å². The summed E-state index contributed by atoms with van der Waals surface area (Å²) in [4.78, 5) is 4.65. The SMILES string of the molecule is CC(C)Cc1cc(-n2ccnc2-c2ccccc2)cc(Oc2ccccc2)c1C(C)C. The molecule has 31 heavy (non-hydrogen) atoms. The number of nitrogens with zero attached hydrogens (tertiary/aromatic N) is 2. The number of benzene rings is 3. The van der Waals surface area contributed by atoms with Gasteiger partial charge in [-0.3, -0.25) is 4.57 Å². The van der Waals surface area contributed by atoms with Crippen LogP contribution >= 0.6 is 0 Å². The normalized spacial score (nSPS) is 11.3. The van der Waals surface area contributed by atoms with Gasteiger partial charge in [-0.15, -0.1) is 0 Å². The minimum Gasteiger partial charge on any atom is -0.457 e. The Hall–Kier alpha value is -3.33. The maximum atomic E-state index is 6.44. The van der Waals surface area contributed by atoms with Crippen LogP contribution in [0.25, 0.3) is 17.1 Å². The first-order chi connectivity index (χ1) is 15.0. The topological polar surface area (TPSA) is 27.1 Å². The fourth-order valence-corrected chi connectivity index (χ4v) is 4.08. The average molecular weight is 411 g/mol. The van der Waals surface area contributed by atoms with E-state index in [9.17, 15) is 0 Å². The highest BCUT2D eigenvalue weighted by Crippen LogP contribution is 2.37. The third-order valence-electron chi connectivity index (χ3n) is 5.34. The van der Waals surface area contributed by atoms with Crippen molar-refractivity contribution in [3.05, 3.63) is 96.3 Å². The molecule has 0 saturated heterocycles. The van der Waals surface area contributed by atoms with Gasteiger partial charge in [-0.05, 0) is 42.0 Å². The predicted octanol–water partition coefficient (Wildman–Crippen LogP) is 7.65. The third kappa shape index (κ3) is 4.72. The Morgan fingerprint density at radius 3 is 2.19 bits per heavy atom. The number of ether oxygens (including phenoxy) is 1. The molecule has 1 aromatic heterocycles. The van der Waals surface area contributed by atoms with E-state index in [1.807, 2.05) is 60.9 Å². The molecule has 158 valence electrons. The monoisotopic (exact) mass is 410 g/mol. The van der Waals surface area contributed by atoms with Gasteiger partial charge in [-0.1, -0.05) is 76.2 Å². The molecule has 0 spiro atoms. The van der Waals surface area contributed by atoms with Crippen LogP contribution in [0, 0.1) is 5.92 Å². The van der Waals surface area contributed by atoms with E-state index in [2.05, 4.69) is 61.5 Å². The summed E-state index contributed by atoms with van der Waals surface area (Å²) in [6, 6.07) is 24.8. The maximum Gasteiger partial charge on any atom is 0.144 e. The number of imidazole rings is 1. The standard InChI is InChI=1S/C28H30N2O/c1-20(2)17-23-18-24(30-16-15-29-28(30)22-11-7-5-8-12-22)19-26(27(23)21(3)4)31-25-13-9-6-10-14-25/h5-16,18-21H,17H2,1-4H3. The average Bonchev–Trinajstić information content (AvgIpc) is 3.24. The van der Waals surface area contributed by atoms with Gasteiger partial charge in [0.15, 0.2) is 0 Å². The van der Waals surface area contributed by atoms with E-state index < -0.39 is 0 Å². The van der Waals surface area contributed by atoms with Crippen LogP contribution in [0.2, 0.25) is 0 Å². The van der Waals surface area contributed by atoms with Crippen LogP contribution in [0.5, 0.6) is 11.5 Å². The smallest absolute Gasteiger partial charge is 0.144 e. The van der Waals surface area contributed by atoms with E-state index in [0.29, 0.717) is 11.8 Å². The second-order valence-corrected chi connectivity index (χ2v) is 8.67. The molecule has 0 amide bonds. The van der Waals surface area contributed by atoms with Crippen LogP contribution in [-0.4, -0.2) is 9.55 Å². The summed E-state index contributed by atoms with van der Waals surface area (Å²) < 4.78 is 8.60. The molecular formula is C28H30N2O. The van der Waals surface area contributed by atoms with Crippen molar-refractivity contribution < 1.29 is 4.74 Å². The van der Waals surface area contributed by atoms with Gasteiger partial charge >= 0.3 is 0 Å². The van der Waals surface area contributed by atoms with E-state index in [1.54, 1.807) is 0 Å². The highest BCUT2D eigenvalue weighted by molar-refractivity contribution is 5.61. The molecule has 0 fully saturated rings. The van der Waals surface area contributed by atoms with Crippen molar-refractivity contribution in [2.75, 3.05) is 0 Å². The molecule has 1 heterocycles. The van der Waals surface area contributed by atoms with Gasteiger partial charge in [0.25, 0.3) is 0 Å². The van der Waals surface area contributed by atoms with E-state index in [1.165, 1.54) is 11.1 Å². The van der Waals surface area contributed by atoms with Crippen LogP contribution in [0.3, 0.4) is 0 Å². The minimum absolute atomic E-state index is 0.359. The zero-order valence-corrected chi connectivity index (χ0v) is 18.7. The molecule has 0 radical (unpaired) electrons. The van der Waals surface area contributed by atoms with Crippen LogP contribution in [0.1, 0.15) is 44.7 Å². The van der Waals surface area contributed by atoms with E-state index >= 15 is 0 Å². The summed E-state index contributed by atoms with van der Waals surface area (Å²) in [6.45, 7) is 9.01. The number of aromatic nitrogens is 2. The molecule has 0 N–H and O–H groups in total. The van der Waals surface area contributed by atoms with Gasteiger partial charge in [0, 0.05) is 29.6 Å². The van der Waals surface area contributed by atoms with Crippen LogP contribution < -0.4 is 4.74 Å². The van der Waals surface area contributed by atoms with Crippen LogP contribution in [0.4, 0.5) is 0 Å². The minimum atomic E-state index is 0.359. The summed E-state index contributed by atoms with van der Waals surface area (Å²) in [5, 5.41) is 0. The second kappa shape index (κ2) is 9.22. The molecule has 4 rings (SSSR count).